The van der Waals surface area contributed by atoms with Crippen molar-refractivity contribution in [2.24, 2.45) is 5.73 Å². The number of methoxy groups -OCH3 is 1. The van der Waals surface area contributed by atoms with Gasteiger partial charge in [-0.25, -0.2) is 0 Å². The van der Waals surface area contributed by atoms with Crippen LogP contribution in [0.3, 0.4) is 0 Å². The van der Waals surface area contributed by atoms with E-state index in [9.17, 15) is 4.79 Å². The number of rotatable bonds is 8. The molecule has 0 radical (unpaired) electrons. The van der Waals surface area contributed by atoms with E-state index < -0.39 is 0 Å². The summed E-state index contributed by atoms with van der Waals surface area (Å²) in [5.74, 6) is 1.39. The Labute approximate surface area is 167 Å². The third-order valence-electron chi connectivity index (χ3n) is 5.29. The fraction of sp³-hybridized carbons (Fsp3) is 0.435. The van der Waals surface area contributed by atoms with E-state index in [1.807, 2.05) is 55.5 Å². The maximum atomic E-state index is 12.4. The normalized spacial score (nSPS) is 16.4. The summed E-state index contributed by atoms with van der Waals surface area (Å²) < 4.78 is 11.6. The minimum absolute atomic E-state index is 0.0749. The van der Waals surface area contributed by atoms with E-state index in [1.54, 1.807) is 7.11 Å². The second kappa shape index (κ2) is 9.60. The number of carbonyl (C=O) groups excluding carboxylic acids is 1. The third kappa shape index (κ3) is 5.26. The minimum atomic E-state index is -0.315. The highest BCUT2D eigenvalue weighted by molar-refractivity contribution is 5.77. The van der Waals surface area contributed by atoms with E-state index in [0.29, 0.717) is 5.75 Å². The zero-order valence-electron chi connectivity index (χ0n) is 16.7. The number of hydrogen-bond donors (Lipinski definition) is 2. The van der Waals surface area contributed by atoms with Crippen LogP contribution in [0.1, 0.15) is 62.2 Å². The second-order valence-corrected chi connectivity index (χ2v) is 7.45. The van der Waals surface area contributed by atoms with Crippen molar-refractivity contribution >= 4 is 5.91 Å². The Balaban J connectivity index is 1.60. The summed E-state index contributed by atoms with van der Waals surface area (Å²) in [5, 5.41) is 3.03. The zero-order valence-corrected chi connectivity index (χ0v) is 16.7. The average molecular weight is 383 g/mol. The number of benzene rings is 2. The summed E-state index contributed by atoms with van der Waals surface area (Å²) in [6.45, 7) is 1.96. The number of amides is 1. The first-order chi connectivity index (χ1) is 13.6. The summed E-state index contributed by atoms with van der Waals surface area (Å²) in [6, 6.07) is 15.1. The minimum Gasteiger partial charge on any atom is -0.493 e. The van der Waals surface area contributed by atoms with Gasteiger partial charge in [0.1, 0.15) is 0 Å². The maximum Gasteiger partial charge on any atom is 0.222 e. The summed E-state index contributed by atoms with van der Waals surface area (Å²) in [7, 11) is 1.64. The van der Waals surface area contributed by atoms with Crippen LogP contribution in [-0.4, -0.2) is 19.1 Å². The summed E-state index contributed by atoms with van der Waals surface area (Å²) in [4.78, 5) is 12.4. The maximum absolute atomic E-state index is 12.4. The molecule has 0 spiro atoms. The molecule has 1 fully saturated rings. The molecule has 2 aromatic rings. The van der Waals surface area contributed by atoms with Crippen molar-refractivity contribution in [3.05, 3.63) is 59.7 Å². The molecule has 3 N–H and O–H groups in total. The van der Waals surface area contributed by atoms with Gasteiger partial charge in [-0.15, -0.1) is 0 Å². The molecule has 5 nitrogen and oxygen atoms in total. The quantitative estimate of drug-likeness (QED) is 0.714. The number of nitrogens with two attached hydrogens (primary N) is 1. The highest BCUT2D eigenvalue weighted by Crippen LogP contribution is 2.33. The highest BCUT2D eigenvalue weighted by Gasteiger charge is 2.20. The topological polar surface area (TPSA) is 73.6 Å². The molecule has 0 bridgehead atoms. The van der Waals surface area contributed by atoms with Crippen molar-refractivity contribution in [2.75, 3.05) is 7.11 Å². The molecule has 2 unspecified atom stereocenters. The van der Waals surface area contributed by atoms with Gasteiger partial charge < -0.3 is 20.5 Å². The molecule has 1 amide bonds. The molecule has 28 heavy (non-hydrogen) atoms. The Morgan fingerprint density at radius 3 is 2.50 bits per heavy atom. The third-order valence-corrected chi connectivity index (χ3v) is 5.29. The SMILES string of the molecule is COc1cc(C(C)NC(=O)CC(N)c2ccccc2)ccc1OC1CCCC1. The van der Waals surface area contributed by atoms with Crippen molar-refractivity contribution in [3.63, 3.8) is 0 Å². The van der Waals surface area contributed by atoms with Crippen molar-refractivity contribution in [1.82, 2.24) is 5.32 Å². The molecule has 0 aromatic heterocycles. The lowest BCUT2D eigenvalue weighted by molar-refractivity contribution is -0.122. The van der Waals surface area contributed by atoms with Crippen LogP contribution in [0.2, 0.25) is 0 Å². The van der Waals surface area contributed by atoms with Gasteiger partial charge in [-0.1, -0.05) is 36.4 Å². The van der Waals surface area contributed by atoms with E-state index >= 15 is 0 Å². The summed E-state index contributed by atoms with van der Waals surface area (Å²) in [6.07, 6.45) is 5.15. The zero-order chi connectivity index (χ0) is 19.9. The van der Waals surface area contributed by atoms with Gasteiger partial charge in [-0.2, -0.15) is 0 Å². The average Bonchev–Trinajstić information content (AvgIpc) is 3.21. The summed E-state index contributed by atoms with van der Waals surface area (Å²) in [5.41, 5.74) is 8.08. The Bertz CT molecular complexity index is 773. The number of hydrogen-bond acceptors (Lipinski definition) is 4. The molecule has 3 rings (SSSR count). The van der Waals surface area contributed by atoms with Crippen LogP contribution >= 0.6 is 0 Å². The predicted octanol–water partition coefficient (Wildman–Crippen LogP) is 4.28. The van der Waals surface area contributed by atoms with Crippen LogP contribution < -0.4 is 20.5 Å². The van der Waals surface area contributed by atoms with Gasteiger partial charge in [0.05, 0.1) is 19.3 Å². The van der Waals surface area contributed by atoms with Gasteiger partial charge in [0.15, 0.2) is 11.5 Å². The molecule has 0 heterocycles. The summed E-state index contributed by atoms with van der Waals surface area (Å²) >= 11 is 0. The Morgan fingerprint density at radius 2 is 1.82 bits per heavy atom. The molecule has 5 heteroatoms. The van der Waals surface area contributed by atoms with E-state index in [-0.39, 0.29) is 30.5 Å². The van der Waals surface area contributed by atoms with Crippen molar-refractivity contribution in [3.8, 4) is 11.5 Å². The van der Waals surface area contributed by atoms with Crippen molar-refractivity contribution < 1.29 is 14.3 Å². The number of nitrogens with one attached hydrogen (secondary N) is 1. The van der Waals surface area contributed by atoms with Crippen LogP contribution in [0, 0.1) is 0 Å². The lowest BCUT2D eigenvalue weighted by atomic mass is 10.0. The van der Waals surface area contributed by atoms with Crippen molar-refractivity contribution in [2.45, 2.75) is 57.2 Å². The second-order valence-electron chi connectivity index (χ2n) is 7.45. The molecule has 2 atom stereocenters. The van der Waals surface area contributed by atoms with E-state index in [0.717, 1.165) is 29.7 Å². The molecule has 2 aromatic carbocycles. The predicted molar refractivity (Wildman–Crippen MR) is 110 cm³/mol. The van der Waals surface area contributed by atoms with Gasteiger partial charge in [-0.3, -0.25) is 4.79 Å². The monoisotopic (exact) mass is 382 g/mol. The lowest BCUT2D eigenvalue weighted by Crippen LogP contribution is -2.29. The first kappa shape index (κ1) is 20.2. The molecule has 1 aliphatic carbocycles. The van der Waals surface area contributed by atoms with Gasteiger partial charge in [0.2, 0.25) is 5.91 Å². The molecular weight excluding hydrogens is 352 g/mol. The van der Waals surface area contributed by atoms with E-state index in [4.69, 9.17) is 15.2 Å². The molecule has 1 saturated carbocycles. The van der Waals surface area contributed by atoms with E-state index in [1.165, 1.54) is 12.8 Å². The van der Waals surface area contributed by atoms with Gasteiger partial charge in [0.25, 0.3) is 0 Å². The Kier molecular flexibility index (Phi) is 6.93. The molecule has 150 valence electrons. The van der Waals surface area contributed by atoms with Gasteiger partial charge >= 0.3 is 0 Å². The first-order valence-corrected chi connectivity index (χ1v) is 10.0. The van der Waals surface area contributed by atoms with Gasteiger partial charge in [-0.05, 0) is 55.9 Å². The lowest BCUT2D eigenvalue weighted by Gasteiger charge is -2.20. The van der Waals surface area contributed by atoms with Crippen LogP contribution in [0.25, 0.3) is 0 Å². The number of ether oxygens (including phenoxy) is 2. The first-order valence-electron chi connectivity index (χ1n) is 10.0. The van der Waals surface area contributed by atoms with Crippen LogP contribution in [-0.2, 0) is 4.79 Å². The smallest absolute Gasteiger partial charge is 0.222 e. The molecular formula is C23H30N2O3. The van der Waals surface area contributed by atoms with Gasteiger partial charge in [0, 0.05) is 12.5 Å². The fourth-order valence-corrected chi connectivity index (χ4v) is 3.64. The standard InChI is InChI=1S/C23H30N2O3/c1-16(25-23(26)15-20(24)17-8-4-3-5-9-17)18-12-13-21(22(14-18)27-2)28-19-10-6-7-11-19/h3-5,8-9,12-14,16,19-20H,6-7,10-11,15,24H2,1-2H3,(H,25,26). The Morgan fingerprint density at radius 1 is 1.11 bits per heavy atom. The van der Waals surface area contributed by atoms with Crippen LogP contribution in [0.5, 0.6) is 11.5 Å². The fourth-order valence-electron chi connectivity index (χ4n) is 3.64. The largest absolute Gasteiger partial charge is 0.493 e. The van der Waals surface area contributed by atoms with Crippen molar-refractivity contribution in [1.29, 1.82) is 0 Å². The van der Waals surface area contributed by atoms with E-state index in [2.05, 4.69) is 5.32 Å². The highest BCUT2D eigenvalue weighted by atomic mass is 16.5. The molecule has 0 saturated heterocycles. The Hall–Kier alpha value is -2.53. The molecule has 1 aliphatic rings. The van der Waals surface area contributed by atoms with Crippen LogP contribution in [0.4, 0.5) is 0 Å². The number of carbonyl (C=O) groups is 1. The molecule has 0 aliphatic heterocycles. The van der Waals surface area contributed by atoms with Crippen LogP contribution in [0.15, 0.2) is 48.5 Å².